The summed E-state index contributed by atoms with van der Waals surface area (Å²) in [5.74, 6) is 1.02. The van der Waals surface area contributed by atoms with Crippen molar-refractivity contribution in [1.82, 2.24) is 14.9 Å². The van der Waals surface area contributed by atoms with E-state index < -0.39 is 0 Å². The van der Waals surface area contributed by atoms with Crippen LogP contribution < -0.4 is 10.6 Å². The van der Waals surface area contributed by atoms with Crippen LogP contribution in [0.1, 0.15) is 38.5 Å². The van der Waals surface area contributed by atoms with E-state index in [0.717, 1.165) is 45.0 Å². The Labute approximate surface area is 138 Å². The molecule has 0 spiro atoms. The average molecular weight is 317 g/mol. The predicted molar refractivity (Wildman–Crippen MR) is 90.0 cm³/mol. The predicted octanol–water partition coefficient (Wildman–Crippen LogP) is 1.42. The van der Waals surface area contributed by atoms with Crippen molar-refractivity contribution < 1.29 is 4.79 Å². The highest BCUT2D eigenvalue weighted by Gasteiger charge is 2.35. The van der Waals surface area contributed by atoms with Gasteiger partial charge in [-0.25, -0.2) is 9.97 Å². The van der Waals surface area contributed by atoms with Crippen molar-refractivity contribution in [2.45, 2.75) is 38.5 Å². The van der Waals surface area contributed by atoms with Gasteiger partial charge in [-0.15, -0.1) is 0 Å². The second kappa shape index (κ2) is 7.25. The maximum absolute atomic E-state index is 12.7. The lowest BCUT2D eigenvalue weighted by Crippen LogP contribution is -2.50. The number of rotatable bonds is 4. The molecule has 0 aromatic carbocycles. The lowest BCUT2D eigenvalue weighted by molar-refractivity contribution is -0.134. The van der Waals surface area contributed by atoms with Gasteiger partial charge in [0.15, 0.2) is 0 Å². The fourth-order valence-electron chi connectivity index (χ4n) is 3.80. The largest absolute Gasteiger partial charge is 0.339 e. The molecule has 1 aliphatic carbocycles. The zero-order valence-corrected chi connectivity index (χ0v) is 13.8. The molecule has 2 aliphatic rings. The molecule has 0 radical (unpaired) electrons. The van der Waals surface area contributed by atoms with E-state index in [0.29, 0.717) is 13.0 Å². The number of piperazine rings is 1. The molecule has 6 heteroatoms. The van der Waals surface area contributed by atoms with Crippen LogP contribution in [0.5, 0.6) is 0 Å². The molecule has 2 N–H and O–H groups in total. The van der Waals surface area contributed by atoms with Crippen molar-refractivity contribution in [2.75, 3.05) is 37.6 Å². The Hall–Kier alpha value is -1.69. The molecular weight excluding hydrogens is 290 g/mol. The van der Waals surface area contributed by atoms with Crippen molar-refractivity contribution in [3.05, 3.63) is 18.5 Å². The van der Waals surface area contributed by atoms with Gasteiger partial charge < -0.3 is 15.5 Å². The van der Waals surface area contributed by atoms with Crippen molar-refractivity contribution in [3.8, 4) is 0 Å². The molecule has 6 nitrogen and oxygen atoms in total. The van der Waals surface area contributed by atoms with Crippen LogP contribution in [0.4, 0.5) is 5.95 Å². The number of amides is 1. The summed E-state index contributed by atoms with van der Waals surface area (Å²) >= 11 is 0. The van der Waals surface area contributed by atoms with E-state index in [9.17, 15) is 4.79 Å². The zero-order valence-electron chi connectivity index (χ0n) is 13.8. The Morgan fingerprint density at radius 2 is 1.74 bits per heavy atom. The molecule has 1 aromatic rings. The summed E-state index contributed by atoms with van der Waals surface area (Å²) in [4.78, 5) is 25.4. The summed E-state index contributed by atoms with van der Waals surface area (Å²) in [6.07, 6.45) is 10.0. The fourth-order valence-corrected chi connectivity index (χ4v) is 3.80. The lowest BCUT2D eigenvalue weighted by atomic mass is 9.71. The van der Waals surface area contributed by atoms with Gasteiger partial charge in [0.1, 0.15) is 0 Å². The number of carbonyl (C=O) groups is 1. The molecular formula is C17H27N5O. The Morgan fingerprint density at radius 1 is 1.09 bits per heavy atom. The summed E-state index contributed by atoms with van der Waals surface area (Å²) in [5, 5.41) is 0. The Kier molecular flexibility index (Phi) is 5.10. The number of anilines is 1. The highest BCUT2D eigenvalue weighted by Crippen LogP contribution is 2.38. The normalized spacial score (nSPS) is 21.3. The number of carbonyl (C=O) groups excluding carboxylic acids is 1. The van der Waals surface area contributed by atoms with Crippen LogP contribution in [0.2, 0.25) is 0 Å². The van der Waals surface area contributed by atoms with Gasteiger partial charge in [0.25, 0.3) is 0 Å². The van der Waals surface area contributed by atoms with Crippen LogP contribution in [0.3, 0.4) is 0 Å². The first-order valence-corrected chi connectivity index (χ1v) is 8.72. The topological polar surface area (TPSA) is 75.4 Å². The first-order chi connectivity index (χ1) is 11.2. The molecule has 126 valence electrons. The first-order valence-electron chi connectivity index (χ1n) is 8.72. The molecule has 23 heavy (non-hydrogen) atoms. The molecule has 2 fully saturated rings. The van der Waals surface area contributed by atoms with E-state index in [1.807, 2.05) is 11.0 Å². The van der Waals surface area contributed by atoms with E-state index in [1.54, 1.807) is 12.4 Å². The second-order valence-corrected chi connectivity index (χ2v) is 6.86. The van der Waals surface area contributed by atoms with Crippen molar-refractivity contribution in [2.24, 2.45) is 11.1 Å². The van der Waals surface area contributed by atoms with Gasteiger partial charge in [-0.1, -0.05) is 19.3 Å². The zero-order chi connectivity index (χ0) is 16.1. The molecule has 0 atom stereocenters. The summed E-state index contributed by atoms with van der Waals surface area (Å²) in [6.45, 7) is 3.72. The van der Waals surface area contributed by atoms with Gasteiger partial charge in [0.2, 0.25) is 11.9 Å². The van der Waals surface area contributed by atoms with Crippen LogP contribution in [-0.4, -0.2) is 53.5 Å². The monoisotopic (exact) mass is 317 g/mol. The van der Waals surface area contributed by atoms with Crippen LogP contribution in [0.25, 0.3) is 0 Å². The quantitative estimate of drug-likeness (QED) is 0.909. The molecule has 0 unspecified atom stereocenters. The molecule has 1 amide bonds. The van der Waals surface area contributed by atoms with Gasteiger partial charge >= 0.3 is 0 Å². The first kappa shape index (κ1) is 16.2. The Bertz CT molecular complexity index is 507. The smallest absolute Gasteiger partial charge is 0.225 e. The highest BCUT2D eigenvalue weighted by atomic mass is 16.2. The minimum absolute atomic E-state index is 0.0506. The maximum atomic E-state index is 12.7. The Balaban J connectivity index is 1.54. The van der Waals surface area contributed by atoms with E-state index >= 15 is 0 Å². The average Bonchev–Trinajstić information content (AvgIpc) is 2.63. The Morgan fingerprint density at radius 3 is 2.35 bits per heavy atom. The molecule has 1 saturated heterocycles. The minimum atomic E-state index is 0.0506. The second-order valence-electron chi connectivity index (χ2n) is 6.86. The number of hydrogen-bond acceptors (Lipinski definition) is 5. The van der Waals surface area contributed by atoms with Gasteiger partial charge in [-0.2, -0.15) is 0 Å². The molecule has 3 rings (SSSR count). The van der Waals surface area contributed by atoms with Crippen molar-refractivity contribution >= 4 is 11.9 Å². The van der Waals surface area contributed by atoms with Gasteiger partial charge in [0.05, 0.1) is 0 Å². The van der Waals surface area contributed by atoms with Gasteiger partial charge in [0, 0.05) is 45.0 Å². The molecule has 1 aromatic heterocycles. The van der Waals surface area contributed by atoms with Gasteiger partial charge in [-0.05, 0) is 30.9 Å². The molecule has 1 aliphatic heterocycles. The van der Waals surface area contributed by atoms with Crippen LogP contribution >= 0.6 is 0 Å². The highest BCUT2D eigenvalue weighted by molar-refractivity contribution is 5.77. The standard InChI is InChI=1S/C17H27N5O/c18-14-17(5-2-1-3-6-17)13-15(23)21-9-11-22(12-10-21)16-19-7-4-8-20-16/h4,7-8H,1-3,5-6,9-14,18H2. The van der Waals surface area contributed by atoms with Crippen LogP contribution in [0, 0.1) is 5.41 Å². The summed E-state index contributed by atoms with van der Waals surface area (Å²) < 4.78 is 0. The fraction of sp³-hybridized carbons (Fsp3) is 0.706. The number of aromatic nitrogens is 2. The summed E-state index contributed by atoms with van der Waals surface area (Å²) in [5.41, 5.74) is 6.07. The third-order valence-corrected chi connectivity index (χ3v) is 5.34. The summed E-state index contributed by atoms with van der Waals surface area (Å²) in [6, 6.07) is 1.82. The molecule has 0 bridgehead atoms. The van der Waals surface area contributed by atoms with Crippen molar-refractivity contribution in [3.63, 3.8) is 0 Å². The van der Waals surface area contributed by atoms with Crippen LogP contribution in [0.15, 0.2) is 18.5 Å². The minimum Gasteiger partial charge on any atom is -0.339 e. The molecule has 1 saturated carbocycles. The number of nitrogens with two attached hydrogens (primary N) is 1. The third kappa shape index (κ3) is 3.80. The SMILES string of the molecule is NCC1(CC(=O)N2CCN(c3ncccn3)CC2)CCCCC1. The summed E-state index contributed by atoms with van der Waals surface area (Å²) in [7, 11) is 0. The van der Waals surface area contributed by atoms with E-state index in [2.05, 4.69) is 14.9 Å². The van der Waals surface area contributed by atoms with E-state index in [1.165, 1.54) is 19.3 Å². The molecule has 2 heterocycles. The van der Waals surface area contributed by atoms with Crippen LogP contribution in [-0.2, 0) is 4.79 Å². The lowest BCUT2D eigenvalue weighted by Gasteiger charge is -2.39. The van der Waals surface area contributed by atoms with E-state index in [-0.39, 0.29) is 11.3 Å². The van der Waals surface area contributed by atoms with E-state index in [4.69, 9.17) is 5.73 Å². The van der Waals surface area contributed by atoms with Gasteiger partial charge in [-0.3, -0.25) is 4.79 Å². The maximum Gasteiger partial charge on any atom is 0.225 e. The third-order valence-electron chi connectivity index (χ3n) is 5.34. The number of nitrogens with zero attached hydrogens (tertiary/aromatic N) is 4. The van der Waals surface area contributed by atoms with Crippen molar-refractivity contribution in [1.29, 1.82) is 0 Å². The number of hydrogen-bond donors (Lipinski definition) is 1.